The molecule has 1 aromatic rings. The van der Waals surface area contributed by atoms with Crippen molar-refractivity contribution >= 4 is 17.6 Å². The number of ether oxygens (including phenoxy) is 1. The summed E-state index contributed by atoms with van der Waals surface area (Å²) in [5, 5.41) is 20.8. The van der Waals surface area contributed by atoms with E-state index >= 15 is 0 Å². The normalized spacial score (nSPS) is 11.5. The number of hydrogen-bond donors (Lipinski definition) is 2. The van der Waals surface area contributed by atoms with E-state index in [-0.39, 0.29) is 11.3 Å². The zero-order chi connectivity index (χ0) is 16.5. The van der Waals surface area contributed by atoms with Gasteiger partial charge in [0.1, 0.15) is 5.70 Å². The third-order valence-corrected chi connectivity index (χ3v) is 2.65. The molecule has 0 saturated carbocycles. The first kappa shape index (κ1) is 17.0. The number of nitriles is 1. The lowest BCUT2D eigenvalue weighted by Crippen LogP contribution is -2.13. The van der Waals surface area contributed by atoms with Crippen molar-refractivity contribution in [3.05, 3.63) is 53.3 Å². The minimum atomic E-state index is -1.23. The highest BCUT2D eigenvalue weighted by molar-refractivity contribution is 5.97. The molecule has 1 rings (SSSR count). The molecule has 6 heteroatoms. The first-order chi connectivity index (χ1) is 10.5. The Bertz CT molecular complexity index is 669. The lowest BCUT2D eigenvalue weighted by molar-refractivity contribution is -0.135. The first-order valence-corrected chi connectivity index (χ1v) is 6.52. The molecule has 1 aromatic carbocycles. The molecule has 0 aliphatic heterocycles. The third kappa shape index (κ3) is 4.80. The molecule has 6 nitrogen and oxygen atoms in total. The van der Waals surface area contributed by atoms with Gasteiger partial charge in [-0.2, -0.15) is 5.26 Å². The number of carboxylic acid groups (broad SMARTS) is 1. The molecule has 0 spiro atoms. The van der Waals surface area contributed by atoms with Gasteiger partial charge in [-0.05, 0) is 30.7 Å². The molecule has 0 fully saturated rings. The second-order valence-corrected chi connectivity index (χ2v) is 4.24. The van der Waals surface area contributed by atoms with Gasteiger partial charge in [0.25, 0.3) is 0 Å². The number of rotatable bonds is 6. The molecular formula is C16H16N2O4. The summed E-state index contributed by atoms with van der Waals surface area (Å²) < 4.78 is 4.62. The van der Waals surface area contributed by atoms with Crippen LogP contribution in [0.5, 0.6) is 0 Å². The predicted molar refractivity (Wildman–Crippen MR) is 80.9 cm³/mol. The Hall–Kier alpha value is -3.07. The molecule has 0 aliphatic carbocycles. The fourth-order valence-electron chi connectivity index (χ4n) is 1.67. The van der Waals surface area contributed by atoms with Gasteiger partial charge < -0.3 is 15.2 Å². The Morgan fingerprint density at radius 3 is 2.73 bits per heavy atom. The maximum absolute atomic E-state index is 11.6. The van der Waals surface area contributed by atoms with E-state index in [1.54, 1.807) is 24.3 Å². The van der Waals surface area contributed by atoms with E-state index in [0.29, 0.717) is 17.7 Å². The van der Waals surface area contributed by atoms with Crippen molar-refractivity contribution in [1.29, 1.82) is 5.26 Å². The predicted octanol–water partition coefficient (Wildman–Crippen LogP) is 2.45. The zero-order valence-electron chi connectivity index (χ0n) is 12.3. The minimum Gasteiger partial charge on any atom is -0.477 e. The quantitative estimate of drug-likeness (QED) is 0.475. The number of anilines is 1. The molecule has 2 N–H and O–H groups in total. The number of nitrogens with one attached hydrogen (secondary N) is 1. The van der Waals surface area contributed by atoms with Crippen LogP contribution in [0.1, 0.15) is 18.9 Å². The summed E-state index contributed by atoms with van der Waals surface area (Å²) in [7, 11) is 1.23. The number of esters is 1. The molecule has 0 bridgehead atoms. The van der Waals surface area contributed by atoms with Crippen LogP contribution in [-0.4, -0.2) is 24.2 Å². The molecule has 22 heavy (non-hydrogen) atoms. The zero-order valence-corrected chi connectivity index (χ0v) is 12.3. The van der Waals surface area contributed by atoms with Gasteiger partial charge in [-0.1, -0.05) is 19.1 Å². The van der Waals surface area contributed by atoms with E-state index in [1.165, 1.54) is 19.3 Å². The van der Waals surface area contributed by atoms with Crippen molar-refractivity contribution in [3.63, 3.8) is 0 Å². The van der Waals surface area contributed by atoms with E-state index in [4.69, 9.17) is 5.26 Å². The van der Waals surface area contributed by atoms with Gasteiger partial charge in [0.05, 0.1) is 24.3 Å². The van der Waals surface area contributed by atoms with Gasteiger partial charge in [-0.3, -0.25) is 0 Å². The molecule has 0 atom stereocenters. The van der Waals surface area contributed by atoms with Crippen LogP contribution in [0.3, 0.4) is 0 Å². The lowest BCUT2D eigenvalue weighted by atomic mass is 10.1. The number of carboxylic acids is 1. The maximum atomic E-state index is 11.6. The molecule has 0 amide bonds. The number of carbonyl (C=O) groups excluding carboxylic acids is 1. The van der Waals surface area contributed by atoms with Crippen molar-refractivity contribution in [3.8, 4) is 6.07 Å². The van der Waals surface area contributed by atoms with Crippen LogP contribution in [0.2, 0.25) is 0 Å². The molecule has 0 aliphatic rings. The largest absolute Gasteiger partial charge is 0.477 e. The second kappa shape index (κ2) is 8.27. The third-order valence-electron chi connectivity index (χ3n) is 2.65. The van der Waals surface area contributed by atoms with Crippen molar-refractivity contribution in [2.45, 2.75) is 13.3 Å². The second-order valence-electron chi connectivity index (χ2n) is 4.24. The number of hydrogen-bond acceptors (Lipinski definition) is 5. The molecule has 114 valence electrons. The Morgan fingerprint density at radius 1 is 1.45 bits per heavy atom. The van der Waals surface area contributed by atoms with Crippen LogP contribution in [-0.2, 0) is 14.3 Å². The Kier molecular flexibility index (Phi) is 6.38. The van der Waals surface area contributed by atoms with E-state index in [2.05, 4.69) is 10.1 Å². The number of nitrogens with zero attached hydrogens (tertiary/aromatic N) is 1. The van der Waals surface area contributed by atoms with E-state index in [0.717, 1.165) is 0 Å². The van der Waals surface area contributed by atoms with Crippen molar-refractivity contribution < 1.29 is 19.4 Å². The lowest BCUT2D eigenvalue weighted by Gasteiger charge is -2.08. The fourth-order valence-corrected chi connectivity index (χ4v) is 1.67. The van der Waals surface area contributed by atoms with Crippen LogP contribution in [0.4, 0.5) is 5.69 Å². The summed E-state index contributed by atoms with van der Waals surface area (Å²) >= 11 is 0. The van der Waals surface area contributed by atoms with Crippen molar-refractivity contribution in [2.75, 3.05) is 12.4 Å². The van der Waals surface area contributed by atoms with E-state index in [1.807, 2.05) is 13.0 Å². The van der Waals surface area contributed by atoms with E-state index < -0.39 is 11.9 Å². The topological polar surface area (TPSA) is 99.4 Å². The first-order valence-electron chi connectivity index (χ1n) is 6.52. The highest BCUT2D eigenvalue weighted by atomic mass is 16.5. The minimum absolute atomic E-state index is 0.145. The molecule has 0 saturated heterocycles. The maximum Gasteiger partial charge on any atom is 0.352 e. The SMILES string of the molecule is CC/C=C(/C=C(\Nc1cccc(C#N)c1)C(=O)O)C(=O)OC. The van der Waals surface area contributed by atoms with Crippen LogP contribution >= 0.6 is 0 Å². The van der Waals surface area contributed by atoms with Gasteiger partial charge in [0.15, 0.2) is 0 Å². The molecule has 0 unspecified atom stereocenters. The smallest absolute Gasteiger partial charge is 0.352 e. The average Bonchev–Trinajstić information content (AvgIpc) is 2.52. The van der Waals surface area contributed by atoms with Gasteiger partial charge in [-0.15, -0.1) is 0 Å². The number of carbonyl (C=O) groups is 2. The molecule has 0 radical (unpaired) electrons. The van der Waals surface area contributed by atoms with Gasteiger partial charge in [0, 0.05) is 5.69 Å². The summed E-state index contributed by atoms with van der Waals surface area (Å²) in [6.07, 6.45) is 3.33. The van der Waals surface area contributed by atoms with E-state index in [9.17, 15) is 14.7 Å². The van der Waals surface area contributed by atoms with Crippen LogP contribution in [0, 0.1) is 11.3 Å². The van der Waals surface area contributed by atoms with Crippen LogP contribution < -0.4 is 5.32 Å². The Morgan fingerprint density at radius 2 is 2.18 bits per heavy atom. The van der Waals surface area contributed by atoms with Crippen molar-refractivity contribution in [2.24, 2.45) is 0 Å². The number of methoxy groups -OCH3 is 1. The number of allylic oxidation sites excluding steroid dienone is 1. The monoisotopic (exact) mass is 300 g/mol. The van der Waals surface area contributed by atoms with Gasteiger partial charge >= 0.3 is 11.9 Å². The number of aliphatic carboxylic acids is 1. The molecular weight excluding hydrogens is 284 g/mol. The fraction of sp³-hybridized carbons (Fsp3) is 0.188. The van der Waals surface area contributed by atoms with Gasteiger partial charge in [0.2, 0.25) is 0 Å². The highest BCUT2D eigenvalue weighted by Gasteiger charge is 2.13. The Balaban J connectivity index is 3.14. The summed E-state index contributed by atoms with van der Waals surface area (Å²) in [5.74, 6) is -1.85. The highest BCUT2D eigenvalue weighted by Crippen LogP contribution is 2.14. The summed E-state index contributed by atoms with van der Waals surface area (Å²) in [6, 6.07) is 8.33. The number of benzene rings is 1. The average molecular weight is 300 g/mol. The summed E-state index contributed by atoms with van der Waals surface area (Å²) in [5.41, 5.74) is 0.784. The van der Waals surface area contributed by atoms with Crippen LogP contribution in [0.25, 0.3) is 0 Å². The van der Waals surface area contributed by atoms with Crippen molar-refractivity contribution in [1.82, 2.24) is 0 Å². The Labute approximate surface area is 128 Å². The summed E-state index contributed by atoms with van der Waals surface area (Å²) in [4.78, 5) is 22.9. The molecule has 0 heterocycles. The standard InChI is InChI=1S/C16H16N2O4/c1-3-5-12(16(21)22-2)9-14(15(19)20)18-13-7-4-6-11(8-13)10-17/h4-9,18H,3H2,1-2H3,(H,19,20)/b12-5-,14-9-. The van der Waals surface area contributed by atoms with Crippen LogP contribution in [0.15, 0.2) is 47.7 Å². The summed E-state index contributed by atoms with van der Waals surface area (Å²) in [6.45, 7) is 1.82. The molecule has 0 aromatic heterocycles. The van der Waals surface area contributed by atoms with Gasteiger partial charge in [-0.25, -0.2) is 9.59 Å².